The summed E-state index contributed by atoms with van der Waals surface area (Å²) in [6, 6.07) is 0.704. The van der Waals surface area contributed by atoms with Crippen LogP contribution in [0.2, 0.25) is 0 Å². The molecule has 0 aromatic carbocycles. The van der Waals surface area contributed by atoms with E-state index in [0.29, 0.717) is 6.04 Å². The van der Waals surface area contributed by atoms with E-state index in [2.05, 4.69) is 33.0 Å². The molecule has 1 aliphatic rings. The van der Waals surface area contributed by atoms with E-state index in [0.717, 1.165) is 12.5 Å². The van der Waals surface area contributed by atoms with Crippen LogP contribution in [0.4, 0.5) is 0 Å². The van der Waals surface area contributed by atoms with Crippen LogP contribution in [-0.4, -0.2) is 12.6 Å². The Morgan fingerprint density at radius 1 is 1.29 bits per heavy atom. The third-order valence-electron chi connectivity index (χ3n) is 3.62. The monoisotopic (exact) mass is 195 g/mol. The summed E-state index contributed by atoms with van der Waals surface area (Å²) < 4.78 is 0. The highest BCUT2D eigenvalue weighted by molar-refractivity contribution is 5.12. The molecule has 1 heteroatoms. The Balaban J connectivity index is 2.67. The normalized spacial score (nSPS) is 35.1. The lowest BCUT2D eigenvalue weighted by Crippen LogP contribution is -2.35. The zero-order valence-corrected chi connectivity index (χ0v) is 10.2. The standard InChI is InChI=1S/C13H25N/c1-5-14-13-9-12(4)10(2)7-6-8-11(13)3/h11,13-14H,5-9H2,1-4H3/b12-10-/t11?,13-/m0/s1. The highest BCUT2D eigenvalue weighted by Crippen LogP contribution is 2.26. The SMILES string of the molecule is CCN[C@H]1C/C(C)=C(/C)CCCC1C. The second-order valence-electron chi connectivity index (χ2n) is 4.80. The molecule has 2 atom stereocenters. The van der Waals surface area contributed by atoms with E-state index in [1.807, 2.05) is 0 Å². The summed E-state index contributed by atoms with van der Waals surface area (Å²) in [4.78, 5) is 0. The highest BCUT2D eigenvalue weighted by atomic mass is 14.9. The molecule has 0 fully saturated rings. The third-order valence-corrected chi connectivity index (χ3v) is 3.62. The summed E-state index contributed by atoms with van der Waals surface area (Å²) in [6.07, 6.45) is 5.31. The number of rotatable bonds is 2. The van der Waals surface area contributed by atoms with Crippen molar-refractivity contribution in [3.8, 4) is 0 Å². The predicted molar refractivity (Wildman–Crippen MR) is 63.5 cm³/mol. The second-order valence-corrected chi connectivity index (χ2v) is 4.80. The predicted octanol–water partition coefficient (Wildman–Crippen LogP) is 3.51. The molecule has 0 aromatic rings. The van der Waals surface area contributed by atoms with Crippen molar-refractivity contribution < 1.29 is 0 Å². The van der Waals surface area contributed by atoms with Gasteiger partial charge in [-0.2, -0.15) is 0 Å². The van der Waals surface area contributed by atoms with Crippen molar-refractivity contribution in [1.82, 2.24) is 5.32 Å². The van der Waals surface area contributed by atoms with E-state index in [-0.39, 0.29) is 0 Å². The molecule has 82 valence electrons. The Morgan fingerprint density at radius 2 is 2.00 bits per heavy atom. The molecule has 1 unspecified atom stereocenters. The summed E-state index contributed by atoms with van der Waals surface area (Å²) in [6.45, 7) is 10.3. The molecule has 1 rings (SSSR count). The van der Waals surface area contributed by atoms with Gasteiger partial charge >= 0.3 is 0 Å². The fourth-order valence-electron chi connectivity index (χ4n) is 2.34. The molecule has 0 saturated carbocycles. The second kappa shape index (κ2) is 5.55. The van der Waals surface area contributed by atoms with Crippen LogP contribution in [-0.2, 0) is 0 Å². The van der Waals surface area contributed by atoms with Gasteiger partial charge in [-0.15, -0.1) is 0 Å². The molecular formula is C13H25N. The van der Waals surface area contributed by atoms with Gasteiger partial charge in [-0.1, -0.05) is 25.0 Å². The van der Waals surface area contributed by atoms with Gasteiger partial charge in [0.05, 0.1) is 0 Å². The third kappa shape index (κ3) is 3.13. The molecule has 1 aliphatic carbocycles. The first-order chi connectivity index (χ1) is 6.65. The van der Waals surface area contributed by atoms with E-state index in [1.165, 1.54) is 25.7 Å². The molecule has 0 spiro atoms. The van der Waals surface area contributed by atoms with E-state index < -0.39 is 0 Å². The summed E-state index contributed by atoms with van der Waals surface area (Å²) in [5.41, 5.74) is 3.24. The largest absolute Gasteiger partial charge is 0.314 e. The summed E-state index contributed by atoms with van der Waals surface area (Å²) >= 11 is 0. The zero-order valence-electron chi connectivity index (χ0n) is 10.2. The molecule has 0 aromatic heterocycles. The van der Waals surface area contributed by atoms with Crippen LogP contribution in [0.1, 0.15) is 53.4 Å². The molecule has 0 amide bonds. The van der Waals surface area contributed by atoms with Crippen molar-refractivity contribution in [2.75, 3.05) is 6.54 Å². The van der Waals surface area contributed by atoms with Crippen LogP contribution in [0.25, 0.3) is 0 Å². The van der Waals surface area contributed by atoms with Crippen LogP contribution < -0.4 is 5.32 Å². The van der Waals surface area contributed by atoms with Crippen molar-refractivity contribution in [3.05, 3.63) is 11.1 Å². The Morgan fingerprint density at radius 3 is 2.64 bits per heavy atom. The molecule has 0 saturated heterocycles. The number of hydrogen-bond donors (Lipinski definition) is 1. The Labute approximate surface area is 89.0 Å². The van der Waals surface area contributed by atoms with Crippen LogP contribution in [0.5, 0.6) is 0 Å². The van der Waals surface area contributed by atoms with Gasteiger partial charge in [0.15, 0.2) is 0 Å². The maximum absolute atomic E-state index is 3.62. The van der Waals surface area contributed by atoms with Crippen LogP contribution in [0, 0.1) is 5.92 Å². The van der Waals surface area contributed by atoms with Crippen molar-refractivity contribution in [2.45, 2.75) is 59.4 Å². The molecule has 0 bridgehead atoms. The van der Waals surface area contributed by atoms with Gasteiger partial charge in [-0.05, 0) is 52.0 Å². The average molecular weight is 195 g/mol. The first kappa shape index (κ1) is 11.8. The quantitative estimate of drug-likeness (QED) is 0.665. The number of nitrogens with one attached hydrogen (secondary N) is 1. The van der Waals surface area contributed by atoms with E-state index in [4.69, 9.17) is 0 Å². The molecular weight excluding hydrogens is 170 g/mol. The van der Waals surface area contributed by atoms with Crippen LogP contribution >= 0.6 is 0 Å². The first-order valence-corrected chi connectivity index (χ1v) is 6.03. The van der Waals surface area contributed by atoms with E-state index in [1.54, 1.807) is 11.1 Å². The minimum Gasteiger partial charge on any atom is -0.314 e. The molecule has 1 N–H and O–H groups in total. The van der Waals surface area contributed by atoms with Crippen molar-refractivity contribution in [2.24, 2.45) is 5.92 Å². The van der Waals surface area contributed by atoms with Gasteiger partial charge in [0.1, 0.15) is 0 Å². The number of allylic oxidation sites excluding steroid dienone is 1. The van der Waals surface area contributed by atoms with Crippen molar-refractivity contribution in [1.29, 1.82) is 0 Å². The highest BCUT2D eigenvalue weighted by Gasteiger charge is 2.19. The van der Waals surface area contributed by atoms with Gasteiger partial charge in [-0.25, -0.2) is 0 Å². The first-order valence-electron chi connectivity index (χ1n) is 6.03. The smallest absolute Gasteiger partial charge is 0.0130 e. The molecule has 0 heterocycles. The van der Waals surface area contributed by atoms with E-state index in [9.17, 15) is 0 Å². The lowest BCUT2D eigenvalue weighted by atomic mass is 9.85. The van der Waals surface area contributed by atoms with Gasteiger partial charge < -0.3 is 5.32 Å². The Hall–Kier alpha value is -0.300. The van der Waals surface area contributed by atoms with Crippen molar-refractivity contribution in [3.63, 3.8) is 0 Å². The van der Waals surface area contributed by atoms with Crippen molar-refractivity contribution >= 4 is 0 Å². The summed E-state index contributed by atoms with van der Waals surface area (Å²) in [7, 11) is 0. The molecule has 0 radical (unpaired) electrons. The average Bonchev–Trinajstić information content (AvgIpc) is 2.15. The minimum absolute atomic E-state index is 0.704. The maximum Gasteiger partial charge on any atom is 0.0130 e. The minimum atomic E-state index is 0.704. The summed E-state index contributed by atoms with van der Waals surface area (Å²) in [5.74, 6) is 0.831. The fourth-order valence-corrected chi connectivity index (χ4v) is 2.34. The Kier molecular flexibility index (Phi) is 4.67. The summed E-state index contributed by atoms with van der Waals surface area (Å²) in [5, 5.41) is 3.62. The lowest BCUT2D eigenvalue weighted by molar-refractivity contribution is 0.345. The molecule has 14 heavy (non-hydrogen) atoms. The van der Waals surface area contributed by atoms with Crippen LogP contribution in [0.3, 0.4) is 0 Å². The van der Waals surface area contributed by atoms with E-state index >= 15 is 0 Å². The fraction of sp³-hybridized carbons (Fsp3) is 0.846. The maximum atomic E-state index is 3.62. The van der Waals surface area contributed by atoms with Gasteiger partial charge in [0, 0.05) is 6.04 Å². The van der Waals surface area contributed by atoms with Gasteiger partial charge in [0.25, 0.3) is 0 Å². The van der Waals surface area contributed by atoms with Gasteiger partial charge in [-0.3, -0.25) is 0 Å². The van der Waals surface area contributed by atoms with Crippen LogP contribution in [0.15, 0.2) is 11.1 Å². The zero-order chi connectivity index (χ0) is 10.6. The molecule has 1 nitrogen and oxygen atoms in total. The molecule has 0 aliphatic heterocycles. The lowest BCUT2D eigenvalue weighted by Gasteiger charge is -2.28. The number of hydrogen-bond acceptors (Lipinski definition) is 1. The topological polar surface area (TPSA) is 12.0 Å². The Bertz CT molecular complexity index is 205. The van der Waals surface area contributed by atoms with Gasteiger partial charge in [0.2, 0.25) is 0 Å².